The van der Waals surface area contributed by atoms with Crippen LogP contribution in [0.1, 0.15) is 49.8 Å². The molecule has 2 N–H and O–H groups in total. The maximum Gasteiger partial charge on any atom is 0.391 e. The van der Waals surface area contributed by atoms with Gasteiger partial charge in [0.25, 0.3) is 0 Å². The molecule has 1 aliphatic heterocycles. The van der Waals surface area contributed by atoms with Gasteiger partial charge in [0.05, 0.1) is 12.0 Å². The summed E-state index contributed by atoms with van der Waals surface area (Å²) in [5, 5.41) is 5.62. The molecule has 0 aromatic heterocycles. The van der Waals surface area contributed by atoms with Gasteiger partial charge in [-0.05, 0) is 62.6 Å². The van der Waals surface area contributed by atoms with Gasteiger partial charge in [-0.15, -0.1) is 0 Å². The van der Waals surface area contributed by atoms with Crippen molar-refractivity contribution in [2.75, 3.05) is 13.1 Å². The maximum absolute atomic E-state index is 13.8. The van der Waals surface area contributed by atoms with Gasteiger partial charge in [-0.2, -0.15) is 13.2 Å². The highest BCUT2D eigenvalue weighted by molar-refractivity contribution is 5.88. The van der Waals surface area contributed by atoms with E-state index >= 15 is 0 Å². The van der Waals surface area contributed by atoms with E-state index in [1.807, 2.05) is 0 Å². The number of halogens is 4. The van der Waals surface area contributed by atoms with E-state index in [4.69, 9.17) is 0 Å². The molecule has 166 valence electrons. The van der Waals surface area contributed by atoms with E-state index in [2.05, 4.69) is 10.6 Å². The third kappa shape index (κ3) is 4.87. The molecule has 3 rings (SSSR count). The van der Waals surface area contributed by atoms with Crippen LogP contribution in [-0.2, 0) is 4.79 Å². The molecule has 0 radical (unpaired) electrons. The number of alkyl halides is 3. The molecule has 2 fully saturated rings. The molecule has 3 amide bonds. The Morgan fingerprint density at radius 1 is 1.23 bits per heavy atom. The number of nitrogens with one attached hydrogen (secondary N) is 2. The third-order valence-corrected chi connectivity index (χ3v) is 6.29. The summed E-state index contributed by atoms with van der Waals surface area (Å²) in [6, 6.07) is 2.86. The molecule has 1 saturated carbocycles. The molecule has 1 aliphatic carbocycles. The molecule has 1 heterocycles. The standard InChI is InChI=1S/C21H27F4N3O2/c1-12-11-15(5-8-17(12)22)18(14-3-6-16(7-4-14)21(23,24)25)27-20(30)28-10-9-26-19(29)13(28)2/h5,8,11,13-14,16,18H,3-4,6-7,9-10H2,1-2H3,(H,26,29)(H,27,30)/t13-,14?,16?,18+/m1/s1. The molecule has 1 aromatic rings. The fourth-order valence-electron chi connectivity index (χ4n) is 4.39. The summed E-state index contributed by atoms with van der Waals surface area (Å²) in [4.78, 5) is 26.3. The van der Waals surface area contributed by atoms with E-state index in [9.17, 15) is 27.2 Å². The summed E-state index contributed by atoms with van der Waals surface area (Å²) in [6.45, 7) is 3.91. The van der Waals surface area contributed by atoms with Gasteiger partial charge in [0.1, 0.15) is 11.9 Å². The van der Waals surface area contributed by atoms with Crippen LogP contribution in [0.2, 0.25) is 0 Å². The van der Waals surface area contributed by atoms with Crippen molar-refractivity contribution >= 4 is 11.9 Å². The molecule has 1 saturated heterocycles. The van der Waals surface area contributed by atoms with Gasteiger partial charge in [0.15, 0.2) is 0 Å². The quantitative estimate of drug-likeness (QED) is 0.712. The second-order valence-electron chi connectivity index (χ2n) is 8.25. The number of aryl methyl sites for hydroxylation is 1. The first-order valence-electron chi connectivity index (χ1n) is 10.3. The number of piperazine rings is 1. The van der Waals surface area contributed by atoms with E-state index < -0.39 is 30.2 Å². The average Bonchev–Trinajstić information content (AvgIpc) is 2.69. The van der Waals surface area contributed by atoms with Crippen LogP contribution in [0.5, 0.6) is 0 Å². The molecule has 30 heavy (non-hydrogen) atoms. The minimum Gasteiger partial charge on any atom is -0.353 e. The first kappa shape index (κ1) is 22.4. The SMILES string of the molecule is Cc1cc([C@@H](NC(=O)N2CCNC(=O)[C@H]2C)C2CCC(C(F)(F)F)CC2)ccc1F. The first-order valence-corrected chi connectivity index (χ1v) is 10.3. The summed E-state index contributed by atoms with van der Waals surface area (Å²) >= 11 is 0. The van der Waals surface area contributed by atoms with Crippen LogP contribution in [0.4, 0.5) is 22.4 Å². The Bertz CT molecular complexity index is 791. The molecular weight excluding hydrogens is 402 g/mol. The number of carbonyl (C=O) groups is 2. The van der Waals surface area contributed by atoms with Crippen LogP contribution in [0.15, 0.2) is 18.2 Å². The van der Waals surface area contributed by atoms with Crippen LogP contribution in [-0.4, -0.2) is 42.1 Å². The van der Waals surface area contributed by atoms with Crippen molar-refractivity contribution in [3.63, 3.8) is 0 Å². The minimum atomic E-state index is -4.22. The lowest BCUT2D eigenvalue weighted by atomic mass is 9.76. The summed E-state index contributed by atoms with van der Waals surface area (Å²) in [5.74, 6) is -2.17. The normalized spacial score (nSPS) is 26.1. The average molecular weight is 429 g/mol. The fourth-order valence-corrected chi connectivity index (χ4v) is 4.39. The summed E-state index contributed by atoms with van der Waals surface area (Å²) in [5.41, 5.74) is 1.06. The molecule has 2 atom stereocenters. The number of hydrogen-bond acceptors (Lipinski definition) is 2. The van der Waals surface area contributed by atoms with Gasteiger partial charge >= 0.3 is 12.2 Å². The van der Waals surface area contributed by atoms with Crippen molar-refractivity contribution in [3.8, 4) is 0 Å². The number of benzene rings is 1. The van der Waals surface area contributed by atoms with Crippen molar-refractivity contribution < 1.29 is 27.2 Å². The lowest BCUT2D eigenvalue weighted by Gasteiger charge is -2.38. The lowest BCUT2D eigenvalue weighted by Crippen LogP contribution is -2.58. The number of nitrogens with zero attached hydrogens (tertiary/aromatic N) is 1. The van der Waals surface area contributed by atoms with E-state index in [0.717, 1.165) is 0 Å². The Hall–Kier alpha value is -2.32. The van der Waals surface area contributed by atoms with E-state index in [1.165, 1.54) is 11.0 Å². The largest absolute Gasteiger partial charge is 0.391 e. The molecule has 0 bridgehead atoms. The zero-order valence-corrected chi connectivity index (χ0v) is 17.1. The van der Waals surface area contributed by atoms with Crippen LogP contribution >= 0.6 is 0 Å². The number of amides is 3. The van der Waals surface area contributed by atoms with Crippen molar-refractivity contribution in [3.05, 3.63) is 35.1 Å². The Morgan fingerprint density at radius 3 is 2.50 bits per heavy atom. The molecule has 1 aromatic carbocycles. The van der Waals surface area contributed by atoms with Gasteiger partial charge in [-0.25, -0.2) is 9.18 Å². The summed E-state index contributed by atoms with van der Waals surface area (Å²) < 4.78 is 53.0. The van der Waals surface area contributed by atoms with E-state index in [0.29, 0.717) is 37.1 Å². The van der Waals surface area contributed by atoms with E-state index in [-0.39, 0.29) is 30.5 Å². The Balaban J connectivity index is 1.80. The molecule has 0 unspecified atom stereocenters. The molecule has 9 heteroatoms. The van der Waals surface area contributed by atoms with Crippen LogP contribution < -0.4 is 10.6 Å². The highest BCUT2D eigenvalue weighted by atomic mass is 19.4. The maximum atomic E-state index is 13.8. The Morgan fingerprint density at radius 2 is 1.90 bits per heavy atom. The van der Waals surface area contributed by atoms with Gasteiger partial charge in [0.2, 0.25) is 5.91 Å². The number of carbonyl (C=O) groups excluding carboxylic acids is 2. The predicted octanol–water partition coefficient (Wildman–Crippen LogP) is 4.07. The van der Waals surface area contributed by atoms with Crippen LogP contribution in [0, 0.1) is 24.6 Å². The zero-order valence-electron chi connectivity index (χ0n) is 17.1. The third-order valence-electron chi connectivity index (χ3n) is 6.29. The molecule has 2 aliphatic rings. The van der Waals surface area contributed by atoms with Gasteiger partial charge in [0, 0.05) is 13.1 Å². The number of hydrogen-bond donors (Lipinski definition) is 2. The van der Waals surface area contributed by atoms with Crippen LogP contribution in [0.3, 0.4) is 0 Å². The second-order valence-corrected chi connectivity index (χ2v) is 8.25. The highest BCUT2D eigenvalue weighted by Crippen LogP contribution is 2.43. The van der Waals surface area contributed by atoms with E-state index in [1.54, 1.807) is 26.0 Å². The van der Waals surface area contributed by atoms with Crippen LogP contribution in [0.25, 0.3) is 0 Å². The van der Waals surface area contributed by atoms with Crippen molar-refractivity contribution in [2.45, 2.75) is 57.8 Å². The predicted molar refractivity (Wildman–Crippen MR) is 103 cm³/mol. The second kappa shape index (κ2) is 8.81. The Labute approximate surface area is 173 Å². The van der Waals surface area contributed by atoms with Crippen molar-refractivity contribution in [2.24, 2.45) is 11.8 Å². The highest BCUT2D eigenvalue weighted by Gasteiger charge is 2.43. The lowest BCUT2D eigenvalue weighted by molar-refractivity contribution is -0.184. The monoisotopic (exact) mass is 429 g/mol. The van der Waals surface area contributed by atoms with Crippen molar-refractivity contribution in [1.29, 1.82) is 0 Å². The summed E-state index contributed by atoms with van der Waals surface area (Å²) in [6.07, 6.45) is -3.59. The fraction of sp³-hybridized carbons (Fsp3) is 0.619. The minimum absolute atomic E-state index is 0.00321. The van der Waals surface area contributed by atoms with Gasteiger partial charge < -0.3 is 15.5 Å². The van der Waals surface area contributed by atoms with Gasteiger partial charge in [-0.3, -0.25) is 4.79 Å². The van der Waals surface area contributed by atoms with Crippen molar-refractivity contribution in [1.82, 2.24) is 15.5 Å². The number of rotatable bonds is 3. The zero-order chi connectivity index (χ0) is 22.1. The first-order chi connectivity index (χ1) is 14.1. The topological polar surface area (TPSA) is 61.4 Å². The Kier molecular flexibility index (Phi) is 6.57. The smallest absolute Gasteiger partial charge is 0.353 e. The molecule has 5 nitrogen and oxygen atoms in total. The molecule has 0 spiro atoms. The molecular formula is C21H27F4N3O2. The number of urea groups is 1. The summed E-state index contributed by atoms with van der Waals surface area (Å²) in [7, 11) is 0. The van der Waals surface area contributed by atoms with Gasteiger partial charge in [-0.1, -0.05) is 12.1 Å².